The Morgan fingerprint density at radius 2 is 2.22 bits per heavy atom. The van der Waals surface area contributed by atoms with Crippen molar-refractivity contribution in [1.29, 1.82) is 0 Å². The minimum absolute atomic E-state index is 0.126. The summed E-state index contributed by atoms with van der Waals surface area (Å²) in [5.41, 5.74) is 2.29. The molecule has 1 N–H and O–H groups in total. The third kappa shape index (κ3) is 3.67. The Morgan fingerprint density at radius 3 is 3.00 bits per heavy atom. The van der Waals surface area contributed by atoms with Crippen molar-refractivity contribution < 1.29 is 4.79 Å². The maximum absolute atomic E-state index is 12.6. The summed E-state index contributed by atoms with van der Waals surface area (Å²) in [6.07, 6.45) is 0.924. The second-order valence-corrected chi connectivity index (χ2v) is 8.11. The van der Waals surface area contributed by atoms with Crippen molar-refractivity contribution >= 4 is 39.8 Å². The third-order valence-corrected chi connectivity index (χ3v) is 5.59. The quantitative estimate of drug-likeness (QED) is 0.839. The molecule has 1 aromatic carbocycles. The Hall–Kier alpha value is -1.60. The van der Waals surface area contributed by atoms with E-state index in [1.807, 2.05) is 23.1 Å². The van der Waals surface area contributed by atoms with E-state index in [1.165, 1.54) is 28.7 Å². The molecule has 2 heterocycles. The van der Waals surface area contributed by atoms with Crippen molar-refractivity contribution in [1.82, 2.24) is 10.2 Å². The molecule has 1 aliphatic rings. The van der Waals surface area contributed by atoms with Crippen molar-refractivity contribution in [2.24, 2.45) is 0 Å². The van der Waals surface area contributed by atoms with Crippen LogP contribution in [-0.2, 0) is 11.2 Å². The van der Waals surface area contributed by atoms with Gasteiger partial charge in [-0.05, 0) is 38.8 Å². The highest BCUT2D eigenvalue weighted by atomic mass is 32.2. The number of hydrogen-bond acceptors (Lipinski definition) is 6. The van der Waals surface area contributed by atoms with Crippen molar-refractivity contribution in [3.8, 4) is 0 Å². The third-order valence-electron chi connectivity index (χ3n) is 3.61. The number of hydrogen-bond donors (Lipinski definition) is 1. The molecule has 0 fully saturated rings. The average Bonchev–Trinajstić information content (AvgIpc) is 3.07. The van der Waals surface area contributed by atoms with Crippen molar-refractivity contribution in [3.63, 3.8) is 0 Å². The number of amides is 1. The molecule has 2 aromatic rings. The fourth-order valence-electron chi connectivity index (χ4n) is 2.71. The first kappa shape index (κ1) is 16.3. The van der Waals surface area contributed by atoms with Gasteiger partial charge >= 0.3 is 0 Å². The summed E-state index contributed by atoms with van der Waals surface area (Å²) >= 11 is 2.94. The SMILES string of the molecule is CC(C)Nc1nnc(SCC(=O)N2c3ccccc3C[C@H]2C)s1. The summed E-state index contributed by atoms with van der Waals surface area (Å²) in [5, 5.41) is 12.2. The van der Waals surface area contributed by atoms with Crippen LogP contribution in [0.15, 0.2) is 28.6 Å². The van der Waals surface area contributed by atoms with Gasteiger partial charge in [0.25, 0.3) is 0 Å². The number of anilines is 2. The molecule has 0 unspecified atom stereocenters. The van der Waals surface area contributed by atoms with E-state index in [0.29, 0.717) is 11.8 Å². The standard InChI is InChI=1S/C16H20N4OS2/c1-10(2)17-15-18-19-16(23-15)22-9-14(21)20-11(3)8-12-6-4-5-7-13(12)20/h4-7,10-11H,8-9H2,1-3H3,(H,17,18)/t11-/m1/s1. The van der Waals surface area contributed by atoms with Gasteiger partial charge in [0, 0.05) is 17.8 Å². The molecule has 23 heavy (non-hydrogen) atoms. The van der Waals surface area contributed by atoms with E-state index >= 15 is 0 Å². The fraction of sp³-hybridized carbons (Fsp3) is 0.438. The van der Waals surface area contributed by atoms with E-state index in [4.69, 9.17) is 0 Å². The van der Waals surface area contributed by atoms with Crippen LogP contribution in [0.3, 0.4) is 0 Å². The number of fused-ring (bicyclic) bond motifs is 1. The van der Waals surface area contributed by atoms with E-state index in [1.54, 1.807) is 0 Å². The highest BCUT2D eigenvalue weighted by Crippen LogP contribution is 2.33. The molecule has 5 nitrogen and oxygen atoms in total. The molecule has 0 radical (unpaired) electrons. The van der Waals surface area contributed by atoms with Gasteiger partial charge in [-0.2, -0.15) is 0 Å². The number of carbonyl (C=O) groups excluding carboxylic acids is 1. The minimum atomic E-state index is 0.126. The summed E-state index contributed by atoms with van der Waals surface area (Å²) in [6.45, 7) is 6.21. The van der Waals surface area contributed by atoms with Crippen LogP contribution in [0.4, 0.5) is 10.8 Å². The van der Waals surface area contributed by atoms with Gasteiger partial charge in [0.15, 0.2) is 4.34 Å². The predicted molar refractivity (Wildman–Crippen MR) is 96.5 cm³/mol. The number of nitrogens with one attached hydrogen (secondary N) is 1. The maximum Gasteiger partial charge on any atom is 0.237 e. The van der Waals surface area contributed by atoms with Gasteiger partial charge in [0.05, 0.1) is 5.75 Å². The Labute approximate surface area is 144 Å². The topological polar surface area (TPSA) is 58.1 Å². The lowest BCUT2D eigenvalue weighted by Crippen LogP contribution is -2.36. The number of benzene rings is 1. The van der Waals surface area contributed by atoms with Gasteiger partial charge < -0.3 is 10.2 Å². The molecule has 0 aliphatic carbocycles. The fourth-order valence-corrected chi connectivity index (χ4v) is 4.47. The van der Waals surface area contributed by atoms with E-state index in [9.17, 15) is 4.79 Å². The summed E-state index contributed by atoms with van der Waals surface area (Å²) in [7, 11) is 0. The van der Waals surface area contributed by atoms with Crippen molar-refractivity contribution in [2.45, 2.75) is 43.6 Å². The largest absolute Gasteiger partial charge is 0.358 e. The maximum atomic E-state index is 12.6. The van der Waals surface area contributed by atoms with Gasteiger partial charge in [-0.25, -0.2) is 0 Å². The molecule has 0 saturated carbocycles. The summed E-state index contributed by atoms with van der Waals surface area (Å²) in [5.74, 6) is 0.510. The molecule has 1 aliphatic heterocycles. The van der Waals surface area contributed by atoms with Crippen LogP contribution in [0.25, 0.3) is 0 Å². The number of carbonyl (C=O) groups is 1. The van der Waals surface area contributed by atoms with Gasteiger partial charge in [0.1, 0.15) is 0 Å². The van der Waals surface area contributed by atoms with Crippen LogP contribution in [0, 0.1) is 0 Å². The number of rotatable bonds is 5. The van der Waals surface area contributed by atoms with Gasteiger partial charge in [-0.15, -0.1) is 10.2 Å². The average molecular weight is 348 g/mol. The Kier molecular flexibility index (Phi) is 4.87. The monoisotopic (exact) mass is 348 g/mol. The Morgan fingerprint density at radius 1 is 1.43 bits per heavy atom. The summed E-state index contributed by atoms with van der Waals surface area (Å²) in [6, 6.07) is 8.67. The van der Waals surface area contributed by atoms with Crippen LogP contribution in [0.5, 0.6) is 0 Å². The number of nitrogens with zero attached hydrogens (tertiary/aromatic N) is 3. The lowest BCUT2D eigenvalue weighted by atomic mass is 10.1. The molecule has 1 atom stereocenters. The summed E-state index contributed by atoms with van der Waals surface area (Å²) in [4.78, 5) is 14.5. The lowest BCUT2D eigenvalue weighted by Gasteiger charge is -2.22. The second-order valence-electron chi connectivity index (χ2n) is 5.91. The first-order valence-electron chi connectivity index (χ1n) is 7.67. The smallest absolute Gasteiger partial charge is 0.237 e. The minimum Gasteiger partial charge on any atom is -0.358 e. The molecule has 7 heteroatoms. The van der Waals surface area contributed by atoms with Crippen molar-refractivity contribution in [2.75, 3.05) is 16.0 Å². The molecule has 1 aromatic heterocycles. The Bertz CT molecular complexity index is 701. The van der Waals surface area contributed by atoms with E-state index < -0.39 is 0 Å². The van der Waals surface area contributed by atoms with Crippen LogP contribution < -0.4 is 10.2 Å². The molecule has 0 bridgehead atoms. The molecular formula is C16H20N4OS2. The van der Waals surface area contributed by atoms with Crippen LogP contribution >= 0.6 is 23.1 Å². The second kappa shape index (κ2) is 6.88. The van der Waals surface area contributed by atoms with Crippen LogP contribution in [0.2, 0.25) is 0 Å². The molecule has 3 rings (SSSR count). The van der Waals surface area contributed by atoms with E-state index in [0.717, 1.165) is 21.6 Å². The van der Waals surface area contributed by atoms with Gasteiger partial charge in [0.2, 0.25) is 11.0 Å². The zero-order chi connectivity index (χ0) is 16.4. The normalized spacial score (nSPS) is 16.7. The first-order valence-corrected chi connectivity index (χ1v) is 9.47. The van der Waals surface area contributed by atoms with Crippen LogP contribution in [-0.4, -0.2) is 33.9 Å². The molecule has 1 amide bonds. The lowest BCUT2D eigenvalue weighted by molar-refractivity contribution is -0.116. The number of thioether (sulfide) groups is 1. The predicted octanol–water partition coefficient (Wildman–Crippen LogP) is 3.43. The zero-order valence-corrected chi connectivity index (χ0v) is 15.1. The van der Waals surface area contributed by atoms with Gasteiger partial charge in [-0.3, -0.25) is 4.79 Å². The highest BCUT2D eigenvalue weighted by Gasteiger charge is 2.30. The molecule has 0 saturated heterocycles. The number of aromatic nitrogens is 2. The Balaban J connectivity index is 1.63. The zero-order valence-electron chi connectivity index (χ0n) is 13.4. The van der Waals surface area contributed by atoms with E-state index in [-0.39, 0.29) is 11.9 Å². The summed E-state index contributed by atoms with van der Waals surface area (Å²) < 4.78 is 0.821. The van der Waals surface area contributed by atoms with Crippen molar-refractivity contribution in [3.05, 3.63) is 29.8 Å². The number of para-hydroxylation sites is 1. The van der Waals surface area contributed by atoms with E-state index in [2.05, 4.69) is 42.4 Å². The van der Waals surface area contributed by atoms with Gasteiger partial charge in [-0.1, -0.05) is 41.3 Å². The highest BCUT2D eigenvalue weighted by molar-refractivity contribution is 8.01. The molecule has 122 valence electrons. The van der Waals surface area contributed by atoms with Crippen LogP contribution in [0.1, 0.15) is 26.3 Å². The molecular weight excluding hydrogens is 328 g/mol. The first-order chi connectivity index (χ1) is 11.0. The molecule has 0 spiro atoms.